The lowest BCUT2D eigenvalue weighted by Crippen LogP contribution is -1.99. The Morgan fingerprint density at radius 1 is 0.360 bits per heavy atom. The molecule has 0 amide bonds. The van der Waals surface area contributed by atoms with E-state index >= 15 is 0 Å². The van der Waals surface area contributed by atoms with E-state index in [1.807, 2.05) is 0 Å². The summed E-state index contributed by atoms with van der Waals surface area (Å²) in [4.78, 5) is 0. The van der Waals surface area contributed by atoms with E-state index in [1.165, 1.54) is 135 Å². The second kappa shape index (κ2) is 22.0. The molecule has 0 radical (unpaired) electrons. The van der Waals surface area contributed by atoms with Crippen molar-refractivity contribution in [3.63, 3.8) is 0 Å². The third-order valence-corrected chi connectivity index (χ3v) is 6.01. The Hall–Kier alpha value is 0. The summed E-state index contributed by atoms with van der Waals surface area (Å²) in [6.45, 7) is 7.01. The fourth-order valence-electron chi connectivity index (χ4n) is 4.04. The highest BCUT2D eigenvalue weighted by Crippen LogP contribution is 2.21. The summed E-state index contributed by atoms with van der Waals surface area (Å²) in [5, 5.41) is 0. The van der Waals surface area contributed by atoms with Gasteiger partial charge in [0.2, 0.25) is 0 Å². The minimum Gasteiger partial charge on any atom is -0.0654 e. The van der Waals surface area contributed by atoms with Crippen LogP contribution in [0.2, 0.25) is 0 Å². The third kappa shape index (κ3) is 20.2. The van der Waals surface area contributed by atoms with Gasteiger partial charge in [0, 0.05) is 0 Å². The van der Waals surface area contributed by atoms with Crippen molar-refractivity contribution >= 4 is 0 Å². The lowest BCUT2D eigenvalue weighted by molar-refractivity contribution is 0.395. The van der Waals surface area contributed by atoms with Crippen molar-refractivity contribution in [2.75, 3.05) is 0 Å². The molecule has 0 aromatic carbocycles. The van der Waals surface area contributed by atoms with E-state index in [4.69, 9.17) is 0 Å². The van der Waals surface area contributed by atoms with Gasteiger partial charge in [-0.25, -0.2) is 0 Å². The quantitative estimate of drug-likeness (QED) is 0.180. The highest BCUT2D eigenvalue weighted by atomic mass is 14.1. The minimum atomic E-state index is 1.02. The van der Waals surface area contributed by atoms with Crippen molar-refractivity contribution in [1.29, 1.82) is 0 Å². The summed E-state index contributed by atoms with van der Waals surface area (Å²) >= 11 is 0. The fraction of sp³-hybridized carbons (Fsp3) is 1.00. The van der Waals surface area contributed by atoms with Crippen molar-refractivity contribution in [3.8, 4) is 0 Å². The van der Waals surface area contributed by atoms with Gasteiger partial charge in [-0.05, 0) is 5.92 Å². The molecule has 152 valence electrons. The van der Waals surface area contributed by atoms with Crippen LogP contribution in [0.3, 0.4) is 0 Å². The molecule has 0 saturated carbocycles. The van der Waals surface area contributed by atoms with Crippen molar-refractivity contribution in [3.05, 3.63) is 0 Å². The molecule has 0 aromatic heterocycles. The predicted octanol–water partition coefficient (Wildman–Crippen LogP) is 9.85. The molecule has 0 bridgehead atoms. The van der Waals surface area contributed by atoms with Crippen LogP contribution in [-0.4, -0.2) is 0 Å². The number of unbranched alkanes of at least 4 members (excludes halogenated alkanes) is 16. The van der Waals surface area contributed by atoms with Crippen LogP contribution in [0.25, 0.3) is 0 Å². The number of rotatable bonds is 21. The number of hydrogen-bond acceptors (Lipinski definition) is 0. The van der Waals surface area contributed by atoms with Crippen LogP contribution in [0.5, 0.6) is 0 Å². The zero-order valence-corrected chi connectivity index (χ0v) is 18.4. The van der Waals surface area contributed by atoms with Crippen molar-refractivity contribution in [2.45, 2.75) is 156 Å². The third-order valence-electron chi connectivity index (χ3n) is 6.01. The van der Waals surface area contributed by atoms with Gasteiger partial charge in [-0.3, -0.25) is 0 Å². The minimum absolute atomic E-state index is 1.02. The Bertz CT molecular complexity index is 220. The van der Waals surface area contributed by atoms with E-state index in [0.717, 1.165) is 5.92 Å². The van der Waals surface area contributed by atoms with Gasteiger partial charge in [0.05, 0.1) is 0 Å². The molecule has 0 aromatic rings. The van der Waals surface area contributed by atoms with Crippen molar-refractivity contribution < 1.29 is 0 Å². The molecule has 0 rings (SSSR count). The Kier molecular flexibility index (Phi) is 22.0. The maximum atomic E-state index is 2.39. The van der Waals surface area contributed by atoms with Gasteiger partial charge in [0.1, 0.15) is 0 Å². The largest absolute Gasteiger partial charge is 0.0654 e. The van der Waals surface area contributed by atoms with Crippen molar-refractivity contribution in [1.82, 2.24) is 0 Å². The van der Waals surface area contributed by atoms with Gasteiger partial charge >= 0.3 is 0 Å². The van der Waals surface area contributed by atoms with Crippen LogP contribution >= 0.6 is 0 Å². The fourth-order valence-corrected chi connectivity index (χ4v) is 4.04. The van der Waals surface area contributed by atoms with Crippen LogP contribution in [0.4, 0.5) is 0 Å². The predicted molar refractivity (Wildman–Crippen MR) is 117 cm³/mol. The summed E-state index contributed by atoms with van der Waals surface area (Å²) in [6.07, 6.45) is 30.8. The maximum Gasteiger partial charge on any atom is -0.0417 e. The summed E-state index contributed by atoms with van der Waals surface area (Å²) in [5.41, 5.74) is 0. The van der Waals surface area contributed by atoms with Gasteiger partial charge in [-0.15, -0.1) is 0 Å². The molecule has 0 saturated heterocycles. The topological polar surface area (TPSA) is 0 Å². The second-order valence-electron chi connectivity index (χ2n) is 8.51. The molecule has 0 aliphatic carbocycles. The highest BCUT2D eigenvalue weighted by molar-refractivity contribution is 4.58. The van der Waals surface area contributed by atoms with Gasteiger partial charge in [-0.1, -0.05) is 156 Å². The summed E-state index contributed by atoms with van der Waals surface area (Å²) in [7, 11) is 0. The average molecular weight is 353 g/mol. The van der Waals surface area contributed by atoms with Gasteiger partial charge in [0.25, 0.3) is 0 Å². The van der Waals surface area contributed by atoms with E-state index in [-0.39, 0.29) is 0 Å². The van der Waals surface area contributed by atoms with E-state index in [0.29, 0.717) is 0 Å². The van der Waals surface area contributed by atoms with E-state index in [9.17, 15) is 0 Å². The normalized spacial score (nSPS) is 12.6. The molecule has 0 N–H and O–H groups in total. The second-order valence-corrected chi connectivity index (χ2v) is 8.51. The highest BCUT2D eigenvalue weighted by Gasteiger charge is 2.05. The molecular formula is C25H52. The van der Waals surface area contributed by atoms with E-state index in [1.54, 1.807) is 0 Å². The van der Waals surface area contributed by atoms with Crippen LogP contribution in [0.1, 0.15) is 156 Å². The van der Waals surface area contributed by atoms with Gasteiger partial charge < -0.3 is 0 Å². The number of hydrogen-bond donors (Lipinski definition) is 0. The Balaban J connectivity index is 3.15. The summed E-state index contributed by atoms with van der Waals surface area (Å²) in [5.74, 6) is 1.02. The van der Waals surface area contributed by atoms with Crippen LogP contribution < -0.4 is 0 Å². The maximum absolute atomic E-state index is 2.39. The van der Waals surface area contributed by atoms with Gasteiger partial charge in [0.15, 0.2) is 0 Å². The summed E-state index contributed by atoms with van der Waals surface area (Å²) < 4.78 is 0. The zero-order chi connectivity index (χ0) is 18.4. The molecule has 0 spiro atoms. The monoisotopic (exact) mass is 352 g/mol. The molecule has 0 nitrogen and oxygen atoms in total. The molecule has 0 aliphatic heterocycles. The first-order valence-corrected chi connectivity index (χ1v) is 12.3. The van der Waals surface area contributed by atoms with Crippen LogP contribution in [0.15, 0.2) is 0 Å². The average Bonchev–Trinajstić information content (AvgIpc) is 2.63. The van der Waals surface area contributed by atoms with Crippen LogP contribution in [0, 0.1) is 5.92 Å². The molecule has 25 heavy (non-hydrogen) atoms. The Morgan fingerprint density at radius 3 is 1.00 bits per heavy atom. The van der Waals surface area contributed by atoms with Crippen LogP contribution in [-0.2, 0) is 0 Å². The lowest BCUT2D eigenvalue weighted by atomic mass is 9.92. The van der Waals surface area contributed by atoms with E-state index in [2.05, 4.69) is 20.8 Å². The molecule has 1 unspecified atom stereocenters. The molecule has 0 heteroatoms. The van der Waals surface area contributed by atoms with E-state index < -0.39 is 0 Å². The standard InChI is InChI=1S/C25H52/c1-4-7-9-10-11-12-13-14-15-16-17-18-19-20-22-24-25(6-3)23-21-8-5-2/h25H,4-24H2,1-3H3. The molecule has 0 heterocycles. The Morgan fingerprint density at radius 2 is 0.640 bits per heavy atom. The first-order chi connectivity index (χ1) is 12.3. The molecule has 1 atom stereocenters. The van der Waals surface area contributed by atoms with Gasteiger partial charge in [-0.2, -0.15) is 0 Å². The molecular weight excluding hydrogens is 300 g/mol. The Labute approximate surface area is 161 Å². The summed E-state index contributed by atoms with van der Waals surface area (Å²) in [6, 6.07) is 0. The lowest BCUT2D eigenvalue weighted by Gasteiger charge is -2.14. The SMILES string of the molecule is CCCCCCCCCCCCCCCCCC(CC)CCCCC. The smallest absolute Gasteiger partial charge is 0.0417 e. The molecule has 0 fully saturated rings. The first kappa shape index (κ1) is 25.0. The first-order valence-electron chi connectivity index (χ1n) is 12.3. The zero-order valence-electron chi connectivity index (χ0n) is 18.4. The molecule has 0 aliphatic rings. The van der Waals surface area contributed by atoms with Crippen molar-refractivity contribution in [2.24, 2.45) is 5.92 Å².